The van der Waals surface area contributed by atoms with E-state index in [0.29, 0.717) is 22.7 Å². The van der Waals surface area contributed by atoms with Gasteiger partial charge >= 0.3 is 0 Å². The molecule has 1 aromatic carbocycles. The molecule has 0 aliphatic heterocycles. The highest BCUT2D eigenvalue weighted by Gasteiger charge is 2.24. The van der Waals surface area contributed by atoms with Crippen LogP contribution in [0.5, 0.6) is 0 Å². The number of thiophene rings is 1. The molecular formula is C20H18N4O2S2. The Balaban J connectivity index is 1.67. The van der Waals surface area contributed by atoms with E-state index in [0.717, 1.165) is 40.7 Å². The van der Waals surface area contributed by atoms with E-state index in [9.17, 15) is 4.79 Å². The van der Waals surface area contributed by atoms with Crippen molar-refractivity contribution in [3.8, 4) is 5.69 Å². The third-order valence-electron chi connectivity index (χ3n) is 4.89. The van der Waals surface area contributed by atoms with Crippen LogP contribution in [-0.2, 0) is 18.6 Å². The Hall–Kier alpha value is -2.45. The maximum Gasteiger partial charge on any atom is 0.267 e. The van der Waals surface area contributed by atoms with E-state index in [1.54, 1.807) is 22.8 Å². The summed E-state index contributed by atoms with van der Waals surface area (Å²) in [7, 11) is 0. The molecule has 1 aliphatic carbocycles. The predicted octanol–water partition coefficient (Wildman–Crippen LogP) is 4.23. The number of fused-ring (bicyclic) bond motifs is 3. The zero-order chi connectivity index (χ0) is 19.3. The fourth-order valence-corrected chi connectivity index (χ4v) is 5.72. The minimum Gasteiger partial charge on any atom is -0.425 e. The number of thioether (sulfide) groups is 1. The second-order valence-corrected chi connectivity index (χ2v) is 8.94. The average Bonchev–Trinajstić information content (AvgIpc) is 3.37. The quantitative estimate of drug-likeness (QED) is 0.370. The molecule has 3 aromatic heterocycles. The first kappa shape index (κ1) is 17.6. The van der Waals surface area contributed by atoms with Gasteiger partial charge in [0, 0.05) is 11.8 Å². The topological polar surface area (TPSA) is 73.8 Å². The molecular weight excluding hydrogens is 392 g/mol. The lowest BCUT2D eigenvalue weighted by atomic mass is 10.2. The van der Waals surface area contributed by atoms with Gasteiger partial charge in [-0.3, -0.25) is 9.36 Å². The van der Waals surface area contributed by atoms with Gasteiger partial charge in [0.15, 0.2) is 5.16 Å². The Labute approximate surface area is 169 Å². The third-order valence-corrected chi connectivity index (χ3v) is 7.00. The van der Waals surface area contributed by atoms with E-state index in [-0.39, 0.29) is 5.56 Å². The molecule has 4 aromatic rings. The number of nitrogens with zero attached hydrogens (tertiary/aromatic N) is 4. The fourth-order valence-electron chi connectivity index (χ4n) is 3.57. The summed E-state index contributed by atoms with van der Waals surface area (Å²) in [4.78, 5) is 20.6. The van der Waals surface area contributed by atoms with Crippen molar-refractivity contribution >= 4 is 33.3 Å². The summed E-state index contributed by atoms with van der Waals surface area (Å²) in [6.07, 6.45) is 3.13. The molecule has 28 heavy (non-hydrogen) atoms. The van der Waals surface area contributed by atoms with E-state index in [4.69, 9.17) is 9.40 Å². The largest absolute Gasteiger partial charge is 0.425 e. The van der Waals surface area contributed by atoms with Gasteiger partial charge < -0.3 is 4.42 Å². The molecule has 0 saturated carbocycles. The van der Waals surface area contributed by atoms with E-state index in [1.165, 1.54) is 22.2 Å². The first-order valence-electron chi connectivity index (χ1n) is 9.16. The van der Waals surface area contributed by atoms with Gasteiger partial charge in [-0.15, -0.1) is 21.5 Å². The van der Waals surface area contributed by atoms with Crippen molar-refractivity contribution in [2.45, 2.75) is 44.0 Å². The van der Waals surface area contributed by atoms with Crippen molar-refractivity contribution in [3.05, 3.63) is 62.4 Å². The summed E-state index contributed by atoms with van der Waals surface area (Å²) in [5.74, 6) is 1.53. The van der Waals surface area contributed by atoms with Crippen LogP contribution in [0.3, 0.4) is 0 Å². The summed E-state index contributed by atoms with van der Waals surface area (Å²) in [5, 5.41) is 9.36. The number of aromatic nitrogens is 4. The number of rotatable bonds is 4. The minimum absolute atomic E-state index is 0.0115. The average molecular weight is 411 g/mol. The van der Waals surface area contributed by atoms with Crippen molar-refractivity contribution in [3.63, 3.8) is 0 Å². The molecule has 0 bridgehead atoms. The molecule has 6 nitrogen and oxygen atoms in total. The molecule has 0 fully saturated rings. The first-order chi connectivity index (χ1) is 13.6. The summed E-state index contributed by atoms with van der Waals surface area (Å²) in [6.45, 7) is 3.80. The second kappa shape index (κ2) is 6.86. The lowest BCUT2D eigenvalue weighted by Crippen LogP contribution is -2.21. The van der Waals surface area contributed by atoms with Crippen LogP contribution in [0.2, 0.25) is 0 Å². The Bertz CT molecular complexity index is 1240. The number of aryl methyl sites for hydroxylation is 4. The van der Waals surface area contributed by atoms with Gasteiger partial charge in [-0.05, 0) is 43.9 Å². The standard InChI is InChI=1S/C20H18N4O2S2/c1-11-6-8-13(9-7-11)24-19(25)17-14-4-3-5-15(14)28-18(17)21-20(24)27-10-16-23-22-12(2)26-16/h6-9H,3-5,10H2,1-2H3. The van der Waals surface area contributed by atoms with Crippen molar-refractivity contribution in [1.82, 2.24) is 19.7 Å². The second-order valence-electron chi connectivity index (χ2n) is 6.91. The van der Waals surface area contributed by atoms with Crippen LogP contribution in [0, 0.1) is 13.8 Å². The van der Waals surface area contributed by atoms with Crippen LogP contribution in [-0.4, -0.2) is 19.7 Å². The molecule has 0 saturated heterocycles. The number of benzene rings is 1. The van der Waals surface area contributed by atoms with Gasteiger partial charge in [0.2, 0.25) is 11.8 Å². The smallest absolute Gasteiger partial charge is 0.267 e. The van der Waals surface area contributed by atoms with Gasteiger partial charge in [0.1, 0.15) is 4.83 Å². The highest BCUT2D eigenvalue weighted by molar-refractivity contribution is 7.98. The molecule has 0 amide bonds. The molecule has 142 valence electrons. The summed E-state index contributed by atoms with van der Waals surface area (Å²) in [6, 6.07) is 7.97. The van der Waals surface area contributed by atoms with Crippen LogP contribution >= 0.6 is 23.1 Å². The minimum atomic E-state index is 0.0115. The molecule has 0 atom stereocenters. The summed E-state index contributed by atoms with van der Waals surface area (Å²) >= 11 is 3.10. The van der Waals surface area contributed by atoms with Crippen LogP contribution in [0.4, 0.5) is 0 Å². The van der Waals surface area contributed by atoms with Crippen LogP contribution in [0.15, 0.2) is 38.6 Å². The summed E-state index contributed by atoms with van der Waals surface area (Å²) < 4.78 is 7.20. The Kier molecular flexibility index (Phi) is 4.32. The molecule has 0 spiro atoms. The van der Waals surface area contributed by atoms with E-state index < -0.39 is 0 Å². The Morgan fingerprint density at radius 1 is 1.18 bits per heavy atom. The predicted molar refractivity (Wildman–Crippen MR) is 111 cm³/mol. The van der Waals surface area contributed by atoms with Gasteiger partial charge in [-0.1, -0.05) is 29.5 Å². The maximum atomic E-state index is 13.5. The van der Waals surface area contributed by atoms with Gasteiger partial charge in [0.25, 0.3) is 5.56 Å². The van der Waals surface area contributed by atoms with Gasteiger partial charge in [-0.2, -0.15) is 0 Å². The molecule has 5 rings (SSSR count). The molecule has 3 heterocycles. The monoisotopic (exact) mass is 410 g/mol. The van der Waals surface area contributed by atoms with Crippen LogP contribution < -0.4 is 5.56 Å². The molecule has 1 aliphatic rings. The van der Waals surface area contributed by atoms with Crippen molar-refractivity contribution < 1.29 is 4.42 Å². The number of hydrogen-bond acceptors (Lipinski definition) is 7. The summed E-state index contributed by atoms with van der Waals surface area (Å²) in [5.41, 5.74) is 3.19. The first-order valence-corrected chi connectivity index (χ1v) is 11.0. The van der Waals surface area contributed by atoms with E-state index >= 15 is 0 Å². The molecule has 0 N–H and O–H groups in total. The van der Waals surface area contributed by atoms with Crippen LogP contribution in [0.1, 0.15) is 34.2 Å². The van der Waals surface area contributed by atoms with E-state index in [1.807, 2.05) is 31.2 Å². The highest BCUT2D eigenvalue weighted by Crippen LogP contribution is 2.36. The normalized spacial score (nSPS) is 13.4. The van der Waals surface area contributed by atoms with Crippen molar-refractivity contribution in [1.29, 1.82) is 0 Å². The van der Waals surface area contributed by atoms with Gasteiger partial charge in [0.05, 0.1) is 16.8 Å². The lowest BCUT2D eigenvalue weighted by Gasteiger charge is -2.12. The van der Waals surface area contributed by atoms with Crippen molar-refractivity contribution in [2.24, 2.45) is 0 Å². The number of hydrogen-bond donors (Lipinski definition) is 0. The lowest BCUT2D eigenvalue weighted by molar-refractivity contribution is 0.485. The third kappa shape index (κ3) is 2.97. The molecule has 0 radical (unpaired) electrons. The SMILES string of the molecule is Cc1ccc(-n2c(SCc3nnc(C)o3)nc3sc4c(c3c2=O)CCC4)cc1. The zero-order valence-electron chi connectivity index (χ0n) is 15.6. The molecule has 0 unspecified atom stereocenters. The van der Waals surface area contributed by atoms with Gasteiger partial charge in [-0.25, -0.2) is 4.98 Å². The Morgan fingerprint density at radius 3 is 2.75 bits per heavy atom. The van der Waals surface area contributed by atoms with E-state index in [2.05, 4.69) is 10.2 Å². The molecule has 8 heteroatoms. The van der Waals surface area contributed by atoms with Crippen molar-refractivity contribution in [2.75, 3.05) is 0 Å². The van der Waals surface area contributed by atoms with Crippen LogP contribution in [0.25, 0.3) is 15.9 Å². The zero-order valence-corrected chi connectivity index (χ0v) is 17.2. The highest BCUT2D eigenvalue weighted by atomic mass is 32.2. The maximum absolute atomic E-state index is 13.5. The fraction of sp³-hybridized carbons (Fsp3) is 0.300. The Morgan fingerprint density at radius 2 is 2.00 bits per heavy atom.